The van der Waals surface area contributed by atoms with Crippen LogP contribution in [0.1, 0.15) is 11.3 Å². The van der Waals surface area contributed by atoms with Crippen LogP contribution in [0.4, 0.5) is 5.69 Å². The van der Waals surface area contributed by atoms with Gasteiger partial charge in [-0.1, -0.05) is 42.5 Å². The Morgan fingerprint density at radius 2 is 1.71 bits per heavy atom. The van der Waals surface area contributed by atoms with Crippen LogP contribution >= 0.6 is 0 Å². The number of carbonyl (C=O) groups excluding carboxylic acids is 1. The van der Waals surface area contributed by atoms with Gasteiger partial charge in [-0.3, -0.25) is 19.8 Å². The van der Waals surface area contributed by atoms with Gasteiger partial charge in [-0.25, -0.2) is 9.97 Å². The van der Waals surface area contributed by atoms with Gasteiger partial charge in [-0.15, -0.1) is 0 Å². The van der Waals surface area contributed by atoms with Crippen LogP contribution in [0.3, 0.4) is 0 Å². The van der Waals surface area contributed by atoms with Crippen molar-refractivity contribution in [3.05, 3.63) is 76.0 Å². The van der Waals surface area contributed by atoms with Gasteiger partial charge in [0.2, 0.25) is 6.41 Å². The van der Waals surface area contributed by atoms with Crippen molar-refractivity contribution in [2.75, 3.05) is 26.2 Å². The molecule has 1 amide bonds. The highest BCUT2D eigenvalue weighted by atomic mass is 16.6. The van der Waals surface area contributed by atoms with Crippen LogP contribution in [0.5, 0.6) is 0 Å². The van der Waals surface area contributed by atoms with Crippen molar-refractivity contribution >= 4 is 12.1 Å². The van der Waals surface area contributed by atoms with E-state index in [-0.39, 0.29) is 5.69 Å². The van der Waals surface area contributed by atoms with E-state index in [1.54, 1.807) is 17.0 Å². The van der Waals surface area contributed by atoms with E-state index in [0.717, 1.165) is 36.3 Å². The maximum Gasteiger partial charge on any atom is 0.270 e. The summed E-state index contributed by atoms with van der Waals surface area (Å²) in [4.78, 5) is 35.6. The molecule has 4 rings (SSSR count). The van der Waals surface area contributed by atoms with E-state index in [0.29, 0.717) is 36.7 Å². The molecule has 8 heteroatoms. The number of piperazine rings is 1. The zero-order chi connectivity index (χ0) is 21.8. The Balaban J connectivity index is 1.77. The van der Waals surface area contributed by atoms with Crippen molar-refractivity contribution < 1.29 is 9.72 Å². The molecule has 3 aromatic rings. The second-order valence-electron chi connectivity index (χ2n) is 7.55. The van der Waals surface area contributed by atoms with Crippen LogP contribution in [0.25, 0.3) is 22.6 Å². The predicted molar refractivity (Wildman–Crippen MR) is 117 cm³/mol. The molecule has 1 aromatic heterocycles. The van der Waals surface area contributed by atoms with Gasteiger partial charge in [0.1, 0.15) is 0 Å². The molecule has 0 radical (unpaired) electrons. The van der Waals surface area contributed by atoms with Crippen LogP contribution in [-0.2, 0) is 11.3 Å². The van der Waals surface area contributed by atoms with E-state index in [1.165, 1.54) is 6.07 Å². The molecule has 0 bridgehead atoms. The largest absolute Gasteiger partial charge is 0.343 e. The number of amides is 1. The van der Waals surface area contributed by atoms with Crippen molar-refractivity contribution in [2.45, 2.75) is 13.5 Å². The van der Waals surface area contributed by atoms with Crippen LogP contribution in [-0.4, -0.2) is 57.3 Å². The molecule has 0 aliphatic carbocycles. The molecular weight excluding hydrogens is 394 g/mol. The molecular formula is C23H23N5O3. The first-order chi connectivity index (χ1) is 15.0. The summed E-state index contributed by atoms with van der Waals surface area (Å²) in [6, 6.07) is 16.3. The average Bonchev–Trinajstić information content (AvgIpc) is 2.81. The van der Waals surface area contributed by atoms with Gasteiger partial charge in [0.15, 0.2) is 5.82 Å². The molecule has 8 nitrogen and oxygen atoms in total. The Morgan fingerprint density at radius 3 is 2.39 bits per heavy atom. The molecule has 158 valence electrons. The zero-order valence-corrected chi connectivity index (χ0v) is 17.3. The van der Waals surface area contributed by atoms with Crippen LogP contribution in [0.15, 0.2) is 54.6 Å². The van der Waals surface area contributed by atoms with Gasteiger partial charge in [0.05, 0.1) is 10.6 Å². The number of non-ortho nitro benzene ring substituents is 1. The minimum atomic E-state index is -0.395. The van der Waals surface area contributed by atoms with E-state index in [9.17, 15) is 14.9 Å². The van der Waals surface area contributed by atoms with Crippen LogP contribution < -0.4 is 0 Å². The summed E-state index contributed by atoms with van der Waals surface area (Å²) < 4.78 is 0. The van der Waals surface area contributed by atoms with Crippen molar-refractivity contribution in [1.82, 2.24) is 19.8 Å². The van der Waals surface area contributed by atoms with Gasteiger partial charge in [-0.05, 0) is 6.92 Å². The highest BCUT2D eigenvalue weighted by molar-refractivity contribution is 5.69. The maximum atomic E-state index is 11.3. The Morgan fingerprint density at radius 1 is 1.00 bits per heavy atom. The van der Waals surface area contributed by atoms with Crippen molar-refractivity contribution in [1.29, 1.82) is 0 Å². The number of nitro groups is 1. The number of aromatic nitrogens is 2. The molecule has 2 aromatic carbocycles. The lowest BCUT2D eigenvalue weighted by Gasteiger charge is -2.33. The molecule has 2 heterocycles. The van der Waals surface area contributed by atoms with Gasteiger partial charge >= 0.3 is 0 Å². The topological polar surface area (TPSA) is 92.5 Å². The number of aryl methyl sites for hydroxylation is 1. The first kappa shape index (κ1) is 20.6. The molecule has 1 aliphatic heterocycles. The number of nitro benzene ring substituents is 1. The summed E-state index contributed by atoms with van der Waals surface area (Å²) in [5.41, 5.74) is 4.10. The number of hydrogen-bond acceptors (Lipinski definition) is 6. The highest BCUT2D eigenvalue weighted by Crippen LogP contribution is 2.30. The van der Waals surface area contributed by atoms with Gasteiger partial charge in [-0.2, -0.15) is 0 Å². The summed E-state index contributed by atoms with van der Waals surface area (Å²) in [5.74, 6) is 0.592. The zero-order valence-electron chi connectivity index (χ0n) is 17.3. The van der Waals surface area contributed by atoms with E-state index >= 15 is 0 Å². The third-order valence-corrected chi connectivity index (χ3v) is 5.51. The van der Waals surface area contributed by atoms with Gasteiger partial charge in [0.25, 0.3) is 5.69 Å². The van der Waals surface area contributed by atoms with Crippen molar-refractivity contribution in [3.8, 4) is 22.6 Å². The molecule has 0 atom stereocenters. The maximum absolute atomic E-state index is 11.3. The fourth-order valence-electron chi connectivity index (χ4n) is 3.76. The quantitative estimate of drug-likeness (QED) is 0.347. The Kier molecular flexibility index (Phi) is 5.99. The lowest BCUT2D eigenvalue weighted by atomic mass is 10.0. The fourth-order valence-corrected chi connectivity index (χ4v) is 3.76. The standard InChI is InChI=1S/C23H23N5O3/c1-17-21(15-26-10-12-27(16-29)13-11-26)22(19-8-5-9-20(14-19)28(30)31)25-23(24-17)18-6-3-2-4-7-18/h2-9,14,16H,10-13,15H2,1H3. The normalized spacial score (nSPS) is 14.4. The molecule has 31 heavy (non-hydrogen) atoms. The van der Waals surface area contributed by atoms with E-state index in [1.807, 2.05) is 43.3 Å². The fraction of sp³-hybridized carbons (Fsp3) is 0.261. The SMILES string of the molecule is Cc1nc(-c2ccccc2)nc(-c2cccc([N+](=O)[O-])c2)c1CN1CCN(C=O)CC1. The first-order valence-electron chi connectivity index (χ1n) is 10.1. The van der Waals surface area contributed by atoms with Crippen LogP contribution in [0.2, 0.25) is 0 Å². The number of benzene rings is 2. The summed E-state index contributed by atoms with van der Waals surface area (Å²) in [5, 5.41) is 11.3. The summed E-state index contributed by atoms with van der Waals surface area (Å²) in [7, 11) is 0. The van der Waals surface area contributed by atoms with E-state index in [4.69, 9.17) is 9.97 Å². The molecule has 0 spiro atoms. The number of nitrogens with zero attached hydrogens (tertiary/aromatic N) is 5. The number of carbonyl (C=O) groups is 1. The Bertz CT molecular complexity index is 1100. The highest BCUT2D eigenvalue weighted by Gasteiger charge is 2.21. The molecule has 0 N–H and O–H groups in total. The van der Waals surface area contributed by atoms with Gasteiger partial charge < -0.3 is 4.90 Å². The first-order valence-corrected chi connectivity index (χ1v) is 10.1. The smallest absolute Gasteiger partial charge is 0.270 e. The monoisotopic (exact) mass is 417 g/mol. The summed E-state index contributed by atoms with van der Waals surface area (Å²) in [6.07, 6.45) is 0.884. The van der Waals surface area contributed by atoms with E-state index in [2.05, 4.69) is 4.90 Å². The lowest BCUT2D eigenvalue weighted by molar-refractivity contribution is -0.384. The Hall–Kier alpha value is -3.65. The van der Waals surface area contributed by atoms with Gasteiger partial charge in [0, 0.05) is 67.2 Å². The third kappa shape index (κ3) is 4.59. The molecule has 1 fully saturated rings. The van der Waals surface area contributed by atoms with Crippen molar-refractivity contribution in [3.63, 3.8) is 0 Å². The molecule has 0 unspecified atom stereocenters. The lowest BCUT2D eigenvalue weighted by Crippen LogP contribution is -2.45. The van der Waals surface area contributed by atoms with Crippen molar-refractivity contribution in [2.24, 2.45) is 0 Å². The van der Waals surface area contributed by atoms with Crippen LogP contribution in [0, 0.1) is 17.0 Å². The molecule has 1 saturated heterocycles. The van der Waals surface area contributed by atoms with E-state index < -0.39 is 4.92 Å². The summed E-state index contributed by atoms with van der Waals surface area (Å²) in [6.45, 7) is 5.44. The Labute approximate surface area is 180 Å². The average molecular weight is 417 g/mol. The number of hydrogen-bond donors (Lipinski definition) is 0. The molecule has 0 saturated carbocycles. The molecule has 1 aliphatic rings. The second-order valence-corrected chi connectivity index (χ2v) is 7.55. The minimum Gasteiger partial charge on any atom is -0.343 e. The predicted octanol–water partition coefficient (Wildman–Crippen LogP) is 3.30. The second kappa shape index (κ2) is 9.01. The minimum absolute atomic E-state index is 0.0283. The summed E-state index contributed by atoms with van der Waals surface area (Å²) >= 11 is 0. The number of rotatable bonds is 6. The third-order valence-electron chi connectivity index (χ3n) is 5.51.